The van der Waals surface area contributed by atoms with Crippen molar-refractivity contribution < 1.29 is 0 Å². The van der Waals surface area contributed by atoms with Crippen LogP contribution in [0.1, 0.15) is 17.9 Å². The molecule has 1 aromatic carbocycles. The summed E-state index contributed by atoms with van der Waals surface area (Å²) in [6, 6.07) is 8.32. The van der Waals surface area contributed by atoms with Crippen LogP contribution < -0.4 is 0 Å². The fourth-order valence-electron chi connectivity index (χ4n) is 1.26. The standard InChI is InChI=1S/C12H13Br/c1-3-5-10(4-2)11-6-8-12(13)9-7-11/h3-4,6-10H,1-2,5H2/t10-/m1/s1. The summed E-state index contributed by atoms with van der Waals surface area (Å²) >= 11 is 3.41. The van der Waals surface area contributed by atoms with Gasteiger partial charge in [0.05, 0.1) is 0 Å². The molecule has 0 heterocycles. The van der Waals surface area contributed by atoms with E-state index in [2.05, 4.69) is 53.4 Å². The van der Waals surface area contributed by atoms with Crippen molar-refractivity contribution in [3.8, 4) is 0 Å². The van der Waals surface area contributed by atoms with Gasteiger partial charge in [-0.2, -0.15) is 0 Å². The third-order valence-corrected chi connectivity index (χ3v) is 2.53. The second kappa shape index (κ2) is 5.03. The van der Waals surface area contributed by atoms with E-state index in [4.69, 9.17) is 0 Å². The van der Waals surface area contributed by atoms with E-state index in [1.54, 1.807) is 0 Å². The van der Waals surface area contributed by atoms with Gasteiger partial charge < -0.3 is 0 Å². The second-order valence-corrected chi connectivity index (χ2v) is 3.83. The number of halogens is 1. The Morgan fingerprint density at radius 3 is 2.31 bits per heavy atom. The molecule has 0 N–H and O–H groups in total. The minimum absolute atomic E-state index is 0.394. The van der Waals surface area contributed by atoms with Crippen LogP contribution in [0.15, 0.2) is 54.0 Å². The van der Waals surface area contributed by atoms with Gasteiger partial charge >= 0.3 is 0 Å². The Labute approximate surface area is 88.1 Å². The predicted molar refractivity (Wildman–Crippen MR) is 61.9 cm³/mol. The Morgan fingerprint density at radius 2 is 1.85 bits per heavy atom. The molecule has 0 saturated carbocycles. The largest absolute Gasteiger partial charge is 0.103 e. The van der Waals surface area contributed by atoms with Crippen LogP contribution in [0.4, 0.5) is 0 Å². The van der Waals surface area contributed by atoms with Crippen LogP contribution in [-0.2, 0) is 0 Å². The summed E-state index contributed by atoms with van der Waals surface area (Å²) in [6.45, 7) is 7.55. The summed E-state index contributed by atoms with van der Waals surface area (Å²) < 4.78 is 1.11. The van der Waals surface area contributed by atoms with E-state index in [1.807, 2.05) is 12.2 Å². The Balaban J connectivity index is 2.84. The topological polar surface area (TPSA) is 0 Å². The van der Waals surface area contributed by atoms with Gasteiger partial charge in [0.15, 0.2) is 0 Å². The van der Waals surface area contributed by atoms with Crippen LogP contribution in [0.2, 0.25) is 0 Å². The predicted octanol–water partition coefficient (Wildman–Crippen LogP) is 4.29. The molecule has 0 spiro atoms. The highest BCUT2D eigenvalue weighted by Crippen LogP contribution is 2.22. The van der Waals surface area contributed by atoms with Gasteiger partial charge in [0.1, 0.15) is 0 Å². The highest BCUT2D eigenvalue weighted by Gasteiger charge is 2.03. The summed E-state index contributed by atoms with van der Waals surface area (Å²) in [5, 5.41) is 0. The Kier molecular flexibility index (Phi) is 3.97. The number of rotatable bonds is 4. The average Bonchev–Trinajstić information content (AvgIpc) is 2.16. The van der Waals surface area contributed by atoms with Crippen molar-refractivity contribution in [2.75, 3.05) is 0 Å². The summed E-state index contributed by atoms with van der Waals surface area (Å²) in [7, 11) is 0. The van der Waals surface area contributed by atoms with Gasteiger partial charge in [0.25, 0.3) is 0 Å². The number of benzene rings is 1. The molecule has 0 fully saturated rings. The minimum Gasteiger partial charge on any atom is -0.103 e. The molecule has 0 aliphatic carbocycles. The molecule has 1 rings (SSSR count). The third-order valence-electron chi connectivity index (χ3n) is 2.00. The van der Waals surface area contributed by atoms with E-state index in [9.17, 15) is 0 Å². The van der Waals surface area contributed by atoms with Gasteiger partial charge in [-0.1, -0.05) is 40.2 Å². The van der Waals surface area contributed by atoms with Crippen LogP contribution in [0.3, 0.4) is 0 Å². The van der Waals surface area contributed by atoms with Crippen molar-refractivity contribution >= 4 is 15.9 Å². The lowest BCUT2D eigenvalue weighted by atomic mass is 9.96. The summed E-state index contributed by atoms with van der Waals surface area (Å²) in [5.74, 6) is 0.394. The molecule has 0 amide bonds. The lowest BCUT2D eigenvalue weighted by molar-refractivity contribution is 0.867. The minimum atomic E-state index is 0.394. The first-order chi connectivity index (χ1) is 6.27. The molecular weight excluding hydrogens is 224 g/mol. The molecule has 0 aliphatic rings. The van der Waals surface area contributed by atoms with E-state index >= 15 is 0 Å². The van der Waals surface area contributed by atoms with Crippen LogP contribution in [-0.4, -0.2) is 0 Å². The number of hydrogen-bond donors (Lipinski definition) is 0. The number of hydrogen-bond acceptors (Lipinski definition) is 0. The van der Waals surface area contributed by atoms with Crippen LogP contribution in [0.5, 0.6) is 0 Å². The first-order valence-corrected chi connectivity index (χ1v) is 5.06. The van der Waals surface area contributed by atoms with E-state index in [0.717, 1.165) is 10.9 Å². The monoisotopic (exact) mass is 236 g/mol. The van der Waals surface area contributed by atoms with Crippen molar-refractivity contribution in [3.63, 3.8) is 0 Å². The number of allylic oxidation sites excluding steroid dienone is 2. The second-order valence-electron chi connectivity index (χ2n) is 2.92. The smallest absolute Gasteiger partial charge is 0.0175 e. The molecule has 0 unspecified atom stereocenters. The first kappa shape index (κ1) is 10.3. The van der Waals surface area contributed by atoms with Crippen LogP contribution in [0.25, 0.3) is 0 Å². The molecule has 0 radical (unpaired) electrons. The van der Waals surface area contributed by atoms with Gasteiger partial charge in [-0.3, -0.25) is 0 Å². The highest BCUT2D eigenvalue weighted by atomic mass is 79.9. The maximum atomic E-state index is 3.82. The molecule has 68 valence electrons. The van der Waals surface area contributed by atoms with Crippen LogP contribution in [0, 0.1) is 0 Å². The van der Waals surface area contributed by atoms with Crippen molar-refractivity contribution in [3.05, 3.63) is 59.6 Å². The first-order valence-electron chi connectivity index (χ1n) is 4.27. The van der Waals surface area contributed by atoms with E-state index in [0.29, 0.717) is 5.92 Å². The Hall–Kier alpha value is -0.820. The van der Waals surface area contributed by atoms with Gasteiger partial charge in [-0.05, 0) is 24.1 Å². The van der Waals surface area contributed by atoms with Crippen molar-refractivity contribution in [2.45, 2.75) is 12.3 Å². The van der Waals surface area contributed by atoms with E-state index < -0.39 is 0 Å². The fraction of sp³-hybridized carbons (Fsp3) is 0.167. The van der Waals surface area contributed by atoms with Gasteiger partial charge in [0.2, 0.25) is 0 Å². The zero-order valence-corrected chi connectivity index (χ0v) is 9.13. The molecular formula is C12H13Br. The SMILES string of the molecule is C=CC[C@@H](C=C)c1ccc(Br)cc1. The van der Waals surface area contributed by atoms with E-state index in [-0.39, 0.29) is 0 Å². The molecule has 0 aliphatic heterocycles. The average molecular weight is 237 g/mol. The maximum absolute atomic E-state index is 3.82. The Bertz CT molecular complexity index is 284. The van der Waals surface area contributed by atoms with Crippen LogP contribution >= 0.6 is 15.9 Å². The summed E-state index contributed by atoms with van der Waals surface area (Å²) in [5.41, 5.74) is 1.29. The zero-order chi connectivity index (χ0) is 9.68. The van der Waals surface area contributed by atoms with E-state index in [1.165, 1.54) is 5.56 Å². The molecule has 1 aromatic rings. The molecule has 0 nitrogen and oxygen atoms in total. The summed E-state index contributed by atoms with van der Waals surface area (Å²) in [6.07, 6.45) is 4.84. The molecule has 0 bridgehead atoms. The molecule has 1 heteroatoms. The van der Waals surface area contributed by atoms with Gasteiger partial charge in [-0.15, -0.1) is 13.2 Å². The van der Waals surface area contributed by atoms with Gasteiger partial charge in [0, 0.05) is 10.4 Å². The lowest BCUT2D eigenvalue weighted by Gasteiger charge is -2.09. The summed E-state index contributed by atoms with van der Waals surface area (Å²) in [4.78, 5) is 0. The van der Waals surface area contributed by atoms with Gasteiger partial charge in [-0.25, -0.2) is 0 Å². The lowest BCUT2D eigenvalue weighted by Crippen LogP contribution is -1.92. The van der Waals surface area contributed by atoms with Crippen molar-refractivity contribution in [1.82, 2.24) is 0 Å². The molecule has 0 saturated heterocycles. The van der Waals surface area contributed by atoms with Crippen molar-refractivity contribution in [2.24, 2.45) is 0 Å². The maximum Gasteiger partial charge on any atom is 0.0175 e. The normalized spacial score (nSPS) is 12.1. The Morgan fingerprint density at radius 1 is 1.23 bits per heavy atom. The fourth-order valence-corrected chi connectivity index (χ4v) is 1.52. The zero-order valence-electron chi connectivity index (χ0n) is 7.54. The third kappa shape index (κ3) is 2.85. The molecule has 1 atom stereocenters. The molecule has 0 aromatic heterocycles. The highest BCUT2D eigenvalue weighted by molar-refractivity contribution is 9.10. The quantitative estimate of drug-likeness (QED) is 0.685. The molecule has 13 heavy (non-hydrogen) atoms. The van der Waals surface area contributed by atoms with Crippen molar-refractivity contribution in [1.29, 1.82) is 0 Å².